The summed E-state index contributed by atoms with van der Waals surface area (Å²) < 4.78 is 5.64. The normalized spacial score (nSPS) is 18.9. The van der Waals surface area contributed by atoms with Crippen LogP contribution in [0.1, 0.15) is 46.0 Å². The number of nitrogens with one attached hydrogen (secondary N) is 1. The third-order valence-corrected chi connectivity index (χ3v) is 2.46. The van der Waals surface area contributed by atoms with E-state index in [1.807, 2.05) is 0 Å². The average molecular weight is 185 g/mol. The van der Waals surface area contributed by atoms with E-state index in [-0.39, 0.29) is 0 Å². The molecule has 1 atom stereocenters. The van der Waals surface area contributed by atoms with Crippen LogP contribution < -0.4 is 5.32 Å². The monoisotopic (exact) mass is 185 g/mol. The third kappa shape index (κ3) is 6.05. The van der Waals surface area contributed by atoms with E-state index in [4.69, 9.17) is 4.74 Å². The standard InChI is InChI=1S/C11H23NO/c1-3-4-9-13-10(2)7-8-12-11-5-6-11/h10-12H,3-9H2,1-2H3. The van der Waals surface area contributed by atoms with Crippen LogP contribution in [0.15, 0.2) is 0 Å². The van der Waals surface area contributed by atoms with Gasteiger partial charge in [-0.1, -0.05) is 13.3 Å². The minimum atomic E-state index is 0.429. The summed E-state index contributed by atoms with van der Waals surface area (Å²) in [6.45, 7) is 6.42. The van der Waals surface area contributed by atoms with Gasteiger partial charge in [0.2, 0.25) is 0 Å². The molecule has 0 aromatic heterocycles. The van der Waals surface area contributed by atoms with Crippen molar-refractivity contribution in [3.8, 4) is 0 Å². The maximum Gasteiger partial charge on any atom is 0.0559 e. The second-order valence-electron chi connectivity index (χ2n) is 4.05. The van der Waals surface area contributed by atoms with Gasteiger partial charge in [0.25, 0.3) is 0 Å². The number of unbranched alkanes of at least 4 members (excludes halogenated alkanes) is 1. The molecule has 78 valence electrons. The molecule has 1 rings (SSSR count). The first-order chi connectivity index (χ1) is 6.33. The fourth-order valence-electron chi connectivity index (χ4n) is 1.29. The van der Waals surface area contributed by atoms with E-state index in [2.05, 4.69) is 19.2 Å². The molecule has 1 aliphatic rings. The van der Waals surface area contributed by atoms with Crippen LogP contribution in [0.25, 0.3) is 0 Å². The highest BCUT2D eigenvalue weighted by Crippen LogP contribution is 2.18. The van der Waals surface area contributed by atoms with Gasteiger partial charge in [-0.15, -0.1) is 0 Å². The van der Waals surface area contributed by atoms with Crippen molar-refractivity contribution in [2.24, 2.45) is 0 Å². The van der Waals surface area contributed by atoms with Crippen LogP contribution in [0.4, 0.5) is 0 Å². The molecule has 0 saturated heterocycles. The summed E-state index contributed by atoms with van der Waals surface area (Å²) in [7, 11) is 0. The number of ether oxygens (including phenoxy) is 1. The van der Waals surface area contributed by atoms with Gasteiger partial charge >= 0.3 is 0 Å². The van der Waals surface area contributed by atoms with Crippen LogP contribution >= 0.6 is 0 Å². The second-order valence-corrected chi connectivity index (χ2v) is 4.05. The largest absolute Gasteiger partial charge is 0.378 e. The molecule has 0 aromatic carbocycles. The SMILES string of the molecule is CCCCOC(C)CCNC1CC1. The first-order valence-electron chi connectivity index (χ1n) is 5.68. The zero-order valence-corrected chi connectivity index (χ0v) is 9.01. The van der Waals surface area contributed by atoms with E-state index in [1.165, 1.54) is 25.7 Å². The summed E-state index contributed by atoms with van der Waals surface area (Å²) in [6, 6.07) is 0.836. The molecule has 0 spiro atoms. The van der Waals surface area contributed by atoms with Crippen LogP contribution in [0, 0.1) is 0 Å². The Morgan fingerprint density at radius 1 is 1.46 bits per heavy atom. The van der Waals surface area contributed by atoms with Crippen molar-refractivity contribution >= 4 is 0 Å². The summed E-state index contributed by atoms with van der Waals surface area (Å²) in [6.07, 6.45) is 6.77. The van der Waals surface area contributed by atoms with Gasteiger partial charge < -0.3 is 10.1 Å². The molecule has 0 aromatic rings. The summed E-state index contributed by atoms with van der Waals surface area (Å²) in [5.41, 5.74) is 0. The summed E-state index contributed by atoms with van der Waals surface area (Å²) in [5.74, 6) is 0. The molecule has 2 heteroatoms. The maximum absolute atomic E-state index is 5.64. The average Bonchev–Trinajstić information content (AvgIpc) is 2.89. The molecule has 0 bridgehead atoms. The summed E-state index contributed by atoms with van der Waals surface area (Å²) >= 11 is 0. The molecule has 0 aliphatic heterocycles. The quantitative estimate of drug-likeness (QED) is 0.586. The van der Waals surface area contributed by atoms with Gasteiger partial charge in [0.15, 0.2) is 0 Å². The molecule has 0 heterocycles. The Morgan fingerprint density at radius 3 is 2.85 bits per heavy atom. The van der Waals surface area contributed by atoms with Gasteiger partial charge in [-0.05, 0) is 39.2 Å². The fraction of sp³-hybridized carbons (Fsp3) is 1.00. The van der Waals surface area contributed by atoms with E-state index >= 15 is 0 Å². The Balaban J connectivity index is 1.81. The maximum atomic E-state index is 5.64. The molecule has 1 fully saturated rings. The fourth-order valence-corrected chi connectivity index (χ4v) is 1.29. The van der Waals surface area contributed by atoms with Gasteiger partial charge in [-0.3, -0.25) is 0 Å². The lowest BCUT2D eigenvalue weighted by atomic mass is 10.3. The van der Waals surface area contributed by atoms with Crippen molar-refractivity contribution in [1.29, 1.82) is 0 Å². The van der Waals surface area contributed by atoms with Gasteiger partial charge in [-0.25, -0.2) is 0 Å². The van der Waals surface area contributed by atoms with E-state index < -0.39 is 0 Å². The van der Waals surface area contributed by atoms with Crippen molar-refractivity contribution in [1.82, 2.24) is 5.32 Å². The zero-order chi connectivity index (χ0) is 9.52. The first-order valence-corrected chi connectivity index (χ1v) is 5.68. The minimum absolute atomic E-state index is 0.429. The van der Waals surface area contributed by atoms with Crippen LogP contribution in [0.5, 0.6) is 0 Å². The predicted molar refractivity (Wildman–Crippen MR) is 56.0 cm³/mol. The van der Waals surface area contributed by atoms with Crippen molar-refractivity contribution in [2.45, 2.75) is 58.1 Å². The smallest absolute Gasteiger partial charge is 0.0559 e. The Kier molecular flexibility index (Phi) is 5.40. The highest BCUT2D eigenvalue weighted by Gasteiger charge is 2.19. The van der Waals surface area contributed by atoms with Crippen LogP contribution in [0.2, 0.25) is 0 Å². The molecular weight excluding hydrogens is 162 g/mol. The molecular formula is C11H23NO. The Hall–Kier alpha value is -0.0800. The molecule has 2 nitrogen and oxygen atoms in total. The van der Waals surface area contributed by atoms with Gasteiger partial charge in [0.1, 0.15) is 0 Å². The van der Waals surface area contributed by atoms with Crippen molar-refractivity contribution in [3.05, 3.63) is 0 Å². The highest BCUT2D eigenvalue weighted by molar-refractivity contribution is 4.80. The van der Waals surface area contributed by atoms with Crippen LogP contribution in [-0.4, -0.2) is 25.3 Å². The van der Waals surface area contributed by atoms with Crippen molar-refractivity contribution in [2.75, 3.05) is 13.2 Å². The molecule has 1 aliphatic carbocycles. The predicted octanol–water partition coefficient (Wildman–Crippen LogP) is 2.33. The number of rotatable bonds is 8. The van der Waals surface area contributed by atoms with Gasteiger partial charge in [0.05, 0.1) is 6.10 Å². The topological polar surface area (TPSA) is 21.3 Å². The number of hydrogen-bond acceptors (Lipinski definition) is 2. The molecule has 13 heavy (non-hydrogen) atoms. The van der Waals surface area contributed by atoms with E-state index in [0.717, 1.165) is 25.6 Å². The second kappa shape index (κ2) is 6.39. The first kappa shape index (κ1) is 11.0. The zero-order valence-electron chi connectivity index (χ0n) is 9.01. The lowest BCUT2D eigenvalue weighted by Crippen LogP contribution is -2.22. The summed E-state index contributed by atoms with van der Waals surface area (Å²) in [4.78, 5) is 0. The number of hydrogen-bond donors (Lipinski definition) is 1. The Morgan fingerprint density at radius 2 is 2.23 bits per heavy atom. The van der Waals surface area contributed by atoms with Crippen molar-refractivity contribution < 1.29 is 4.74 Å². The summed E-state index contributed by atoms with van der Waals surface area (Å²) in [5, 5.41) is 3.50. The van der Waals surface area contributed by atoms with Gasteiger partial charge in [-0.2, -0.15) is 0 Å². The van der Waals surface area contributed by atoms with E-state index in [1.54, 1.807) is 0 Å². The van der Waals surface area contributed by atoms with Crippen molar-refractivity contribution in [3.63, 3.8) is 0 Å². The van der Waals surface area contributed by atoms with E-state index in [9.17, 15) is 0 Å². The van der Waals surface area contributed by atoms with Gasteiger partial charge in [0, 0.05) is 12.6 Å². The Bertz CT molecular complexity index is 123. The van der Waals surface area contributed by atoms with E-state index in [0.29, 0.717) is 6.10 Å². The molecule has 0 radical (unpaired) electrons. The minimum Gasteiger partial charge on any atom is -0.378 e. The third-order valence-electron chi connectivity index (χ3n) is 2.46. The molecule has 1 unspecified atom stereocenters. The molecule has 0 amide bonds. The lowest BCUT2D eigenvalue weighted by molar-refractivity contribution is 0.0585. The highest BCUT2D eigenvalue weighted by atomic mass is 16.5. The van der Waals surface area contributed by atoms with Crippen LogP contribution in [0.3, 0.4) is 0 Å². The molecule has 1 N–H and O–H groups in total. The van der Waals surface area contributed by atoms with Crippen LogP contribution in [-0.2, 0) is 4.74 Å². The Labute approximate surface area is 82.0 Å². The molecule has 1 saturated carbocycles. The lowest BCUT2D eigenvalue weighted by Gasteiger charge is -2.12.